The molecule has 3 heterocycles. The second-order valence-corrected chi connectivity index (χ2v) is 14.0. The normalized spacial score (nSPS) is 18.3. The first-order chi connectivity index (χ1) is 18.2. The van der Waals surface area contributed by atoms with Crippen LogP contribution in [0.15, 0.2) is 29.0 Å². The number of rotatable bonds is 10. The molecule has 2 N–H and O–H groups in total. The van der Waals surface area contributed by atoms with Crippen molar-refractivity contribution in [2.75, 3.05) is 36.5 Å². The van der Waals surface area contributed by atoms with Gasteiger partial charge in [-0.2, -0.15) is 0 Å². The van der Waals surface area contributed by atoms with Crippen molar-refractivity contribution in [3.8, 4) is 0 Å². The van der Waals surface area contributed by atoms with Crippen LogP contribution >= 0.6 is 0 Å². The highest BCUT2D eigenvalue weighted by Crippen LogP contribution is 2.28. The molecule has 11 nitrogen and oxygen atoms in total. The van der Waals surface area contributed by atoms with Crippen LogP contribution in [0.2, 0.25) is 0 Å². The maximum absolute atomic E-state index is 14.1. The first-order valence-electron chi connectivity index (χ1n) is 13.3. The lowest BCUT2D eigenvalue weighted by Gasteiger charge is -2.42. The Morgan fingerprint density at radius 3 is 2.56 bits per heavy atom. The highest BCUT2D eigenvalue weighted by Gasteiger charge is 2.38. The van der Waals surface area contributed by atoms with Gasteiger partial charge in [0.1, 0.15) is 32.8 Å². The van der Waals surface area contributed by atoms with Crippen LogP contribution in [-0.2, 0) is 21.8 Å². The first kappa shape index (κ1) is 30.4. The summed E-state index contributed by atoms with van der Waals surface area (Å²) < 4.78 is 30.2. The summed E-state index contributed by atoms with van der Waals surface area (Å²) in [4.78, 5) is 38.2. The summed E-state index contributed by atoms with van der Waals surface area (Å²) in [7, 11) is -3.33. The summed E-state index contributed by atoms with van der Waals surface area (Å²) in [6.45, 7) is 12.4. The third-order valence-electron chi connectivity index (χ3n) is 6.68. The van der Waals surface area contributed by atoms with Crippen molar-refractivity contribution >= 4 is 27.7 Å². The molecule has 2 aromatic rings. The Bertz CT molecular complexity index is 1240. The quantitative estimate of drug-likeness (QED) is 0.440. The lowest BCUT2D eigenvalue weighted by molar-refractivity contribution is 0.0429. The topological polar surface area (TPSA) is 146 Å². The number of aromatic nitrogens is 2. The molecule has 2 atom stereocenters. The molecule has 1 aliphatic rings. The van der Waals surface area contributed by atoms with E-state index in [9.17, 15) is 23.1 Å². The van der Waals surface area contributed by atoms with Crippen molar-refractivity contribution in [2.45, 2.75) is 66.0 Å². The number of piperidine rings is 1. The number of hydrogen-bond donors (Lipinski definition) is 2. The number of anilines is 1. The van der Waals surface area contributed by atoms with Gasteiger partial charge >= 0.3 is 6.09 Å². The Morgan fingerprint density at radius 2 is 2.00 bits per heavy atom. The second-order valence-electron chi connectivity index (χ2n) is 11.6. The molecule has 0 bridgehead atoms. The molecule has 0 unspecified atom stereocenters. The molecule has 0 aromatic carbocycles. The van der Waals surface area contributed by atoms with Crippen LogP contribution in [0.3, 0.4) is 0 Å². The first-order valence-corrected chi connectivity index (χ1v) is 15.1. The molecule has 0 spiro atoms. The zero-order valence-corrected chi connectivity index (χ0v) is 24.5. The van der Waals surface area contributed by atoms with E-state index in [1.807, 2.05) is 40.7 Å². The van der Waals surface area contributed by atoms with Gasteiger partial charge < -0.3 is 24.6 Å². The van der Waals surface area contributed by atoms with Gasteiger partial charge in [0.15, 0.2) is 0 Å². The molecule has 1 aliphatic heterocycles. The summed E-state index contributed by atoms with van der Waals surface area (Å²) in [5.41, 5.74) is -0.0932. The molecule has 12 heteroatoms. The fraction of sp³-hybridized carbons (Fsp3) is 0.630. The number of furan rings is 1. The number of carbonyl (C=O) groups is 2. The molecule has 2 amide bonds. The van der Waals surface area contributed by atoms with Crippen LogP contribution in [0.1, 0.15) is 69.9 Å². The van der Waals surface area contributed by atoms with Crippen molar-refractivity contribution in [1.82, 2.24) is 19.8 Å². The van der Waals surface area contributed by atoms with Crippen molar-refractivity contribution in [1.29, 1.82) is 0 Å². The molecular formula is C27H41N5O6S. The SMILES string of the molecule is CCS(=O)(=O)C[C@@H]1C[C@H](N(CC(C)C)C(=O)c2cnc(C(C)(C)C)nc2NCc2ccco2)CN(C(=O)O)C1. The van der Waals surface area contributed by atoms with Crippen molar-refractivity contribution in [3.05, 3.63) is 41.7 Å². The van der Waals surface area contributed by atoms with Crippen LogP contribution in [0.5, 0.6) is 0 Å². The number of amides is 2. The lowest BCUT2D eigenvalue weighted by Crippen LogP contribution is -2.55. The van der Waals surface area contributed by atoms with E-state index >= 15 is 0 Å². The zero-order valence-electron chi connectivity index (χ0n) is 23.7. The minimum Gasteiger partial charge on any atom is -0.467 e. The smallest absolute Gasteiger partial charge is 0.407 e. The number of likely N-dealkylation sites (tertiary alicyclic amines) is 1. The van der Waals surface area contributed by atoms with Crippen LogP contribution in [0, 0.1) is 11.8 Å². The van der Waals surface area contributed by atoms with Crippen molar-refractivity contribution < 1.29 is 27.5 Å². The number of hydrogen-bond acceptors (Lipinski definition) is 8. The van der Waals surface area contributed by atoms with E-state index in [2.05, 4.69) is 10.3 Å². The fourth-order valence-electron chi connectivity index (χ4n) is 4.72. The summed E-state index contributed by atoms with van der Waals surface area (Å²) in [6.07, 6.45) is 2.34. The van der Waals surface area contributed by atoms with Gasteiger partial charge in [0.05, 0.1) is 24.6 Å². The average molecular weight is 564 g/mol. The van der Waals surface area contributed by atoms with Gasteiger partial charge in [0.25, 0.3) is 5.91 Å². The fourth-order valence-corrected chi connectivity index (χ4v) is 5.91. The molecule has 216 valence electrons. The van der Waals surface area contributed by atoms with Gasteiger partial charge in [0.2, 0.25) is 0 Å². The number of sulfone groups is 1. The molecule has 0 aliphatic carbocycles. The average Bonchev–Trinajstić information content (AvgIpc) is 3.38. The maximum atomic E-state index is 14.1. The lowest BCUT2D eigenvalue weighted by atomic mass is 9.93. The van der Waals surface area contributed by atoms with E-state index in [-0.39, 0.29) is 47.4 Å². The molecule has 2 aromatic heterocycles. The van der Waals surface area contributed by atoms with E-state index < -0.39 is 27.9 Å². The molecular weight excluding hydrogens is 522 g/mol. The summed E-state index contributed by atoms with van der Waals surface area (Å²) in [6, 6.07) is 3.10. The van der Waals surface area contributed by atoms with Gasteiger partial charge in [-0.3, -0.25) is 4.79 Å². The van der Waals surface area contributed by atoms with Crippen LogP contribution < -0.4 is 5.32 Å². The maximum Gasteiger partial charge on any atom is 0.407 e. The Morgan fingerprint density at radius 1 is 1.28 bits per heavy atom. The molecule has 1 fully saturated rings. The molecule has 1 saturated heterocycles. The van der Waals surface area contributed by atoms with Crippen molar-refractivity contribution in [3.63, 3.8) is 0 Å². The number of carboxylic acid groups (broad SMARTS) is 1. The van der Waals surface area contributed by atoms with Crippen LogP contribution in [0.25, 0.3) is 0 Å². The Hall–Kier alpha value is -3.15. The summed E-state index contributed by atoms with van der Waals surface area (Å²) >= 11 is 0. The zero-order chi connectivity index (χ0) is 29.0. The van der Waals surface area contributed by atoms with E-state index in [1.54, 1.807) is 24.2 Å². The van der Waals surface area contributed by atoms with Crippen molar-refractivity contribution in [2.24, 2.45) is 11.8 Å². The van der Waals surface area contributed by atoms with Gasteiger partial charge in [0, 0.05) is 37.0 Å². The summed E-state index contributed by atoms with van der Waals surface area (Å²) in [5.74, 6) is 0.806. The van der Waals surface area contributed by atoms with Gasteiger partial charge in [-0.25, -0.2) is 23.2 Å². The molecule has 3 rings (SSSR count). The number of carbonyl (C=O) groups excluding carboxylic acids is 1. The minimum atomic E-state index is -3.33. The van der Waals surface area contributed by atoms with Crippen LogP contribution in [-0.4, -0.2) is 82.5 Å². The molecule has 0 radical (unpaired) electrons. The highest BCUT2D eigenvalue weighted by atomic mass is 32.2. The Balaban J connectivity index is 1.99. The molecule has 0 saturated carbocycles. The van der Waals surface area contributed by atoms with Gasteiger partial charge in [-0.15, -0.1) is 0 Å². The van der Waals surface area contributed by atoms with Gasteiger partial charge in [-0.05, 0) is 30.4 Å². The van der Waals surface area contributed by atoms with Crippen LogP contribution in [0.4, 0.5) is 10.6 Å². The van der Waals surface area contributed by atoms with E-state index in [0.717, 1.165) is 0 Å². The second kappa shape index (κ2) is 12.4. The summed E-state index contributed by atoms with van der Waals surface area (Å²) in [5, 5.41) is 13.0. The Kier molecular flexibility index (Phi) is 9.63. The van der Waals surface area contributed by atoms with E-state index in [0.29, 0.717) is 36.9 Å². The Labute approximate surface area is 230 Å². The third-order valence-corrected chi connectivity index (χ3v) is 8.54. The monoisotopic (exact) mass is 563 g/mol. The predicted octanol–water partition coefficient (Wildman–Crippen LogP) is 3.88. The van der Waals surface area contributed by atoms with Gasteiger partial charge in [-0.1, -0.05) is 41.5 Å². The third kappa shape index (κ3) is 8.17. The molecule has 39 heavy (non-hydrogen) atoms. The minimum absolute atomic E-state index is 0.0158. The van der Waals surface area contributed by atoms with E-state index in [4.69, 9.17) is 9.40 Å². The standard InChI is InChI=1S/C27H41N5O6S/c1-7-39(36,37)17-19-11-20(16-31(15-19)26(34)35)32(14-18(2)3)24(33)22-13-29-25(27(4,5)6)30-23(22)28-12-21-9-8-10-38-21/h8-10,13,18-20H,7,11-12,14-17H2,1-6H3,(H,34,35)(H,28,29,30)/t19-,20+/m1/s1. The predicted molar refractivity (Wildman–Crippen MR) is 148 cm³/mol. The highest BCUT2D eigenvalue weighted by molar-refractivity contribution is 7.91. The largest absolute Gasteiger partial charge is 0.467 e. The number of nitrogens with one attached hydrogen (secondary N) is 1. The van der Waals surface area contributed by atoms with E-state index in [1.165, 1.54) is 11.1 Å². The number of nitrogens with zero attached hydrogens (tertiary/aromatic N) is 4.